The first kappa shape index (κ1) is 13.7. The van der Waals surface area contributed by atoms with Crippen LogP contribution in [-0.2, 0) is 0 Å². The predicted octanol–water partition coefficient (Wildman–Crippen LogP) is 1.77. The van der Waals surface area contributed by atoms with Crippen LogP contribution >= 0.6 is 0 Å². The molecule has 1 atom stereocenters. The van der Waals surface area contributed by atoms with Crippen LogP contribution in [-0.4, -0.2) is 43.6 Å². The van der Waals surface area contributed by atoms with Crippen LogP contribution in [0.1, 0.15) is 40.5 Å². The molecule has 21 heavy (non-hydrogen) atoms. The van der Waals surface area contributed by atoms with Gasteiger partial charge >= 0.3 is 0 Å². The van der Waals surface area contributed by atoms with Crippen molar-refractivity contribution >= 4 is 5.91 Å². The Morgan fingerprint density at radius 2 is 2.19 bits per heavy atom. The van der Waals surface area contributed by atoms with Crippen molar-refractivity contribution in [3.63, 3.8) is 0 Å². The topological polar surface area (TPSA) is 63.9 Å². The molecule has 0 radical (unpaired) electrons. The molecule has 2 aromatic heterocycles. The van der Waals surface area contributed by atoms with E-state index >= 15 is 0 Å². The van der Waals surface area contributed by atoms with Crippen molar-refractivity contribution in [2.75, 3.05) is 13.1 Å². The Morgan fingerprint density at radius 1 is 1.33 bits per heavy atom. The van der Waals surface area contributed by atoms with E-state index in [1.807, 2.05) is 35.8 Å². The third kappa shape index (κ3) is 2.79. The molecule has 0 aromatic carbocycles. The lowest BCUT2D eigenvalue weighted by molar-refractivity contribution is 0.0671. The third-order valence-corrected chi connectivity index (χ3v) is 3.93. The van der Waals surface area contributed by atoms with Crippen LogP contribution in [0.15, 0.2) is 24.9 Å². The summed E-state index contributed by atoms with van der Waals surface area (Å²) in [5.41, 5.74) is 2.47. The van der Waals surface area contributed by atoms with E-state index in [1.165, 1.54) is 6.33 Å². The molecule has 0 bridgehead atoms. The zero-order valence-corrected chi connectivity index (χ0v) is 12.4. The van der Waals surface area contributed by atoms with E-state index in [0.29, 0.717) is 12.1 Å². The van der Waals surface area contributed by atoms with Crippen molar-refractivity contribution in [1.82, 2.24) is 24.6 Å². The number of rotatable bonds is 2. The summed E-state index contributed by atoms with van der Waals surface area (Å²) in [6, 6.07) is 0.251. The number of aromatic nitrogens is 4. The summed E-state index contributed by atoms with van der Waals surface area (Å²) in [6.45, 7) is 5.34. The summed E-state index contributed by atoms with van der Waals surface area (Å²) >= 11 is 0. The summed E-state index contributed by atoms with van der Waals surface area (Å²) in [5, 5.41) is 4.38. The molecule has 3 heterocycles. The average molecular weight is 285 g/mol. The summed E-state index contributed by atoms with van der Waals surface area (Å²) < 4.78 is 1.98. The van der Waals surface area contributed by atoms with E-state index in [-0.39, 0.29) is 11.9 Å². The normalized spacial score (nSPS) is 18.8. The fraction of sp³-hybridized carbons (Fsp3) is 0.467. The lowest BCUT2D eigenvalue weighted by atomic mass is 10.0. The minimum absolute atomic E-state index is 0.0154. The molecule has 6 heteroatoms. The molecule has 1 aliphatic rings. The molecule has 6 nitrogen and oxygen atoms in total. The molecule has 2 aromatic rings. The Kier molecular flexibility index (Phi) is 3.68. The summed E-state index contributed by atoms with van der Waals surface area (Å²) in [6.07, 6.45) is 9.01. The second kappa shape index (κ2) is 5.63. The van der Waals surface area contributed by atoms with Gasteiger partial charge in [-0.05, 0) is 32.3 Å². The van der Waals surface area contributed by atoms with Crippen molar-refractivity contribution < 1.29 is 4.79 Å². The van der Waals surface area contributed by atoms with Crippen LogP contribution in [0.5, 0.6) is 0 Å². The standard InChI is InChI=1S/C15H19N5O/c1-11-6-18-20(8-11)13-4-3-5-19(9-13)15(21)14-7-16-10-17-12(14)2/h6-8,10,13H,3-5,9H2,1-2H3/t13-/m1/s1. The molecule has 0 N–H and O–H groups in total. The van der Waals surface area contributed by atoms with Gasteiger partial charge < -0.3 is 4.90 Å². The number of carbonyl (C=O) groups excluding carboxylic acids is 1. The summed E-state index contributed by atoms with van der Waals surface area (Å²) in [7, 11) is 0. The molecule has 0 aliphatic carbocycles. The zero-order chi connectivity index (χ0) is 14.8. The SMILES string of the molecule is Cc1cnn([C@@H]2CCCN(C(=O)c3cncnc3C)C2)c1. The number of hydrogen-bond donors (Lipinski definition) is 0. The number of nitrogens with zero attached hydrogens (tertiary/aromatic N) is 5. The van der Waals surface area contributed by atoms with Crippen molar-refractivity contribution in [3.8, 4) is 0 Å². The van der Waals surface area contributed by atoms with E-state index in [0.717, 1.165) is 30.6 Å². The van der Waals surface area contributed by atoms with Crippen LogP contribution in [0.3, 0.4) is 0 Å². The van der Waals surface area contributed by atoms with Gasteiger partial charge in [-0.25, -0.2) is 9.97 Å². The van der Waals surface area contributed by atoms with Gasteiger partial charge in [-0.1, -0.05) is 0 Å². The first-order valence-electron chi connectivity index (χ1n) is 7.22. The second-order valence-electron chi connectivity index (χ2n) is 5.57. The molecule has 110 valence electrons. The molecule has 1 fully saturated rings. The number of piperidine rings is 1. The summed E-state index contributed by atoms with van der Waals surface area (Å²) in [4.78, 5) is 22.6. The number of aryl methyl sites for hydroxylation is 2. The molecule has 0 spiro atoms. The average Bonchev–Trinajstić information content (AvgIpc) is 2.94. The molecule has 1 aliphatic heterocycles. The lowest BCUT2D eigenvalue weighted by Gasteiger charge is -2.33. The second-order valence-corrected chi connectivity index (χ2v) is 5.57. The number of carbonyl (C=O) groups is 1. The molecule has 1 amide bonds. The Balaban J connectivity index is 1.77. The van der Waals surface area contributed by atoms with E-state index in [9.17, 15) is 4.79 Å². The van der Waals surface area contributed by atoms with E-state index in [2.05, 4.69) is 15.1 Å². The lowest BCUT2D eigenvalue weighted by Crippen LogP contribution is -2.41. The molecular formula is C15H19N5O. The largest absolute Gasteiger partial charge is 0.336 e. The highest BCUT2D eigenvalue weighted by Crippen LogP contribution is 2.22. The molecule has 0 saturated carbocycles. The fourth-order valence-electron chi connectivity index (χ4n) is 2.76. The number of hydrogen-bond acceptors (Lipinski definition) is 4. The molecule has 0 unspecified atom stereocenters. The quantitative estimate of drug-likeness (QED) is 0.843. The van der Waals surface area contributed by atoms with Crippen LogP contribution in [0.25, 0.3) is 0 Å². The van der Waals surface area contributed by atoms with Gasteiger partial charge in [0.05, 0.1) is 23.5 Å². The van der Waals surface area contributed by atoms with Crippen molar-refractivity contribution in [2.24, 2.45) is 0 Å². The van der Waals surface area contributed by atoms with Gasteiger partial charge in [-0.15, -0.1) is 0 Å². The number of likely N-dealkylation sites (tertiary alicyclic amines) is 1. The Bertz CT molecular complexity index is 651. The van der Waals surface area contributed by atoms with E-state index in [1.54, 1.807) is 6.20 Å². The van der Waals surface area contributed by atoms with Gasteiger partial charge in [-0.2, -0.15) is 5.10 Å². The Labute approximate surface area is 123 Å². The van der Waals surface area contributed by atoms with Gasteiger partial charge in [0.2, 0.25) is 0 Å². The molecular weight excluding hydrogens is 266 g/mol. The monoisotopic (exact) mass is 285 g/mol. The Morgan fingerprint density at radius 3 is 2.90 bits per heavy atom. The third-order valence-electron chi connectivity index (χ3n) is 3.93. The van der Waals surface area contributed by atoms with Crippen molar-refractivity contribution in [3.05, 3.63) is 41.7 Å². The zero-order valence-electron chi connectivity index (χ0n) is 12.4. The van der Waals surface area contributed by atoms with Gasteiger partial charge in [0.25, 0.3) is 5.91 Å². The smallest absolute Gasteiger partial charge is 0.257 e. The van der Waals surface area contributed by atoms with Crippen molar-refractivity contribution in [1.29, 1.82) is 0 Å². The van der Waals surface area contributed by atoms with Crippen LogP contribution in [0.2, 0.25) is 0 Å². The van der Waals surface area contributed by atoms with Gasteiger partial charge in [0, 0.05) is 25.5 Å². The molecule has 1 saturated heterocycles. The minimum Gasteiger partial charge on any atom is -0.336 e. The first-order chi connectivity index (χ1) is 10.1. The van der Waals surface area contributed by atoms with E-state index < -0.39 is 0 Å². The maximum Gasteiger partial charge on any atom is 0.257 e. The van der Waals surface area contributed by atoms with Gasteiger partial charge in [-0.3, -0.25) is 9.48 Å². The Hall–Kier alpha value is -2.24. The highest BCUT2D eigenvalue weighted by Gasteiger charge is 2.26. The maximum atomic E-state index is 12.6. The molecule has 3 rings (SSSR count). The van der Waals surface area contributed by atoms with Crippen LogP contribution < -0.4 is 0 Å². The first-order valence-corrected chi connectivity index (χ1v) is 7.22. The predicted molar refractivity (Wildman–Crippen MR) is 77.9 cm³/mol. The van der Waals surface area contributed by atoms with Gasteiger partial charge in [0.15, 0.2) is 0 Å². The fourth-order valence-corrected chi connectivity index (χ4v) is 2.76. The van der Waals surface area contributed by atoms with E-state index in [4.69, 9.17) is 0 Å². The highest BCUT2D eigenvalue weighted by molar-refractivity contribution is 5.94. The van der Waals surface area contributed by atoms with Crippen LogP contribution in [0.4, 0.5) is 0 Å². The highest BCUT2D eigenvalue weighted by atomic mass is 16.2. The van der Waals surface area contributed by atoms with Gasteiger partial charge in [0.1, 0.15) is 6.33 Å². The van der Waals surface area contributed by atoms with Crippen LogP contribution in [0, 0.1) is 13.8 Å². The summed E-state index contributed by atoms with van der Waals surface area (Å²) in [5.74, 6) is 0.0154. The minimum atomic E-state index is 0.0154. The van der Waals surface area contributed by atoms with Crippen molar-refractivity contribution in [2.45, 2.75) is 32.7 Å². The number of amides is 1. The maximum absolute atomic E-state index is 12.6.